The average molecular weight is 689 g/mol. The molecule has 0 heterocycles. The number of amides is 2. The number of methoxy groups -OCH3 is 2. The summed E-state index contributed by atoms with van der Waals surface area (Å²) in [7, 11) is 3.28. The van der Waals surface area contributed by atoms with Crippen LogP contribution in [0, 0.1) is 0 Å². The molecule has 0 aliphatic rings. The van der Waals surface area contributed by atoms with Gasteiger partial charge in [-0.05, 0) is 97.5 Å². The molecule has 12 nitrogen and oxygen atoms in total. The van der Waals surface area contributed by atoms with Gasteiger partial charge in [0.05, 0.1) is 37.8 Å². The third-order valence-electron chi connectivity index (χ3n) is 7.96. The predicted octanol–water partition coefficient (Wildman–Crippen LogP) is 4.45. The molecule has 268 valence electrons. The van der Waals surface area contributed by atoms with E-state index in [0.29, 0.717) is 37.0 Å². The first-order chi connectivity index (χ1) is 24.1. The van der Waals surface area contributed by atoms with Crippen LogP contribution < -0.4 is 30.7 Å². The number of aliphatic hydroxyl groups excluding tert-OH is 2. The lowest BCUT2D eigenvalue weighted by molar-refractivity contribution is -0.106. The SMILES string of the molecule is COc1ccc(C[C@@H](C)NC[C@@H](O)c2ccc(O)c(NC=O)c2)cc1.COc1ccc(C[C@H](C)NC[C@H](O)c2ccc(O)c(NC=O)c2)cc1. The summed E-state index contributed by atoms with van der Waals surface area (Å²) in [6, 6.07) is 25.4. The van der Waals surface area contributed by atoms with Crippen LogP contribution in [0.2, 0.25) is 0 Å². The van der Waals surface area contributed by atoms with Gasteiger partial charge in [0.15, 0.2) is 0 Å². The molecule has 12 heteroatoms. The zero-order valence-electron chi connectivity index (χ0n) is 28.8. The Morgan fingerprint density at radius 2 is 0.960 bits per heavy atom. The lowest BCUT2D eigenvalue weighted by Crippen LogP contribution is -2.32. The van der Waals surface area contributed by atoms with E-state index in [-0.39, 0.29) is 35.0 Å². The van der Waals surface area contributed by atoms with Gasteiger partial charge in [0.25, 0.3) is 0 Å². The van der Waals surface area contributed by atoms with Crippen molar-refractivity contribution in [3.63, 3.8) is 0 Å². The molecule has 8 N–H and O–H groups in total. The molecule has 0 fully saturated rings. The second-order valence-electron chi connectivity index (χ2n) is 11.8. The zero-order valence-corrected chi connectivity index (χ0v) is 28.8. The molecule has 0 unspecified atom stereocenters. The number of phenolic OH excluding ortho intramolecular Hbond substituents is 2. The van der Waals surface area contributed by atoms with E-state index in [2.05, 4.69) is 21.3 Å². The second-order valence-corrected chi connectivity index (χ2v) is 11.8. The van der Waals surface area contributed by atoms with Gasteiger partial charge in [-0.1, -0.05) is 36.4 Å². The van der Waals surface area contributed by atoms with E-state index in [0.717, 1.165) is 24.3 Å². The average Bonchev–Trinajstić information content (AvgIpc) is 3.12. The first-order valence-corrected chi connectivity index (χ1v) is 16.2. The highest BCUT2D eigenvalue weighted by atomic mass is 16.5. The topological polar surface area (TPSA) is 182 Å². The molecule has 0 aliphatic carbocycles. The van der Waals surface area contributed by atoms with E-state index >= 15 is 0 Å². The van der Waals surface area contributed by atoms with Crippen molar-refractivity contribution < 1.29 is 39.5 Å². The minimum absolute atomic E-state index is 0.0381. The summed E-state index contributed by atoms with van der Waals surface area (Å²) in [5.74, 6) is 1.58. The van der Waals surface area contributed by atoms with Crippen molar-refractivity contribution in [3.05, 3.63) is 107 Å². The van der Waals surface area contributed by atoms with Gasteiger partial charge < -0.3 is 51.2 Å². The quantitative estimate of drug-likeness (QED) is 0.0550. The van der Waals surface area contributed by atoms with Crippen molar-refractivity contribution in [1.82, 2.24) is 10.6 Å². The van der Waals surface area contributed by atoms with Crippen molar-refractivity contribution >= 4 is 24.2 Å². The fraction of sp³-hybridized carbons (Fsp3) is 0.316. The Hall–Kier alpha value is -5.14. The van der Waals surface area contributed by atoms with Gasteiger partial charge in [-0.3, -0.25) is 9.59 Å². The van der Waals surface area contributed by atoms with E-state index in [1.54, 1.807) is 38.5 Å². The molecule has 0 radical (unpaired) electrons. The molecule has 2 amide bonds. The van der Waals surface area contributed by atoms with Gasteiger partial charge in [0.1, 0.15) is 23.0 Å². The third kappa shape index (κ3) is 12.7. The highest BCUT2D eigenvalue weighted by Gasteiger charge is 2.14. The molecule has 0 saturated heterocycles. The maximum atomic E-state index is 10.5. The largest absolute Gasteiger partial charge is 0.506 e. The van der Waals surface area contributed by atoms with E-state index in [9.17, 15) is 30.0 Å². The minimum atomic E-state index is -0.744. The highest BCUT2D eigenvalue weighted by molar-refractivity contribution is 5.76. The smallest absolute Gasteiger partial charge is 0.211 e. The number of nitrogens with one attached hydrogen (secondary N) is 4. The van der Waals surface area contributed by atoms with Crippen LogP contribution in [-0.4, -0.2) is 72.6 Å². The zero-order chi connectivity index (χ0) is 36.5. The van der Waals surface area contributed by atoms with Crippen molar-refractivity contribution in [2.75, 3.05) is 37.9 Å². The van der Waals surface area contributed by atoms with Crippen LogP contribution in [0.5, 0.6) is 23.0 Å². The number of hydrogen-bond acceptors (Lipinski definition) is 10. The highest BCUT2D eigenvalue weighted by Crippen LogP contribution is 2.28. The normalized spacial score (nSPS) is 13.1. The Morgan fingerprint density at radius 1 is 0.600 bits per heavy atom. The number of carbonyl (C=O) groups is 2. The van der Waals surface area contributed by atoms with E-state index in [1.165, 1.54) is 23.3 Å². The fourth-order valence-corrected chi connectivity index (χ4v) is 5.12. The second kappa shape index (κ2) is 20.4. The van der Waals surface area contributed by atoms with Crippen LogP contribution >= 0.6 is 0 Å². The lowest BCUT2D eigenvalue weighted by atomic mass is 10.1. The number of ether oxygens (including phenoxy) is 2. The van der Waals surface area contributed by atoms with Gasteiger partial charge in [-0.25, -0.2) is 0 Å². The summed E-state index contributed by atoms with van der Waals surface area (Å²) in [6.45, 7) is 4.82. The molecular weight excluding hydrogens is 640 g/mol. The Kier molecular flexibility index (Phi) is 16.0. The Bertz CT molecular complexity index is 1500. The van der Waals surface area contributed by atoms with Crippen molar-refractivity contribution in [2.45, 2.75) is 51.0 Å². The Morgan fingerprint density at radius 3 is 1.28 bits per heavy atom. The first-order valence-electron chi connectivity index (χ1n) is 16.2. The number of phenols is 2. The predicted molar refractivity (Wildman–Crippen MR) is 194 cm³/mol. The number of benzene rings is 4. The van der Waals surface area contributed by atoms with E-state index in [1.807, 2.05) is 62.4 Å². The molecule has 0 spiro atoms. The summed E-state index contributed by atoms with van der Waals surface area (Å²) >= 11 is 0. The van der Waals surface area contributed by atoms with Crippen LogP contribution in [0.25, 0.3) is 0 Å². The van der Waals surface area contributed by atoms with Crippen LogP contribution in [0.1, 0.15) is 48.3 Å². The molecule has 4 rings (SSSR count). The molecule has 4 aromatic carbocycles. The Labute approximate surface area is 293 Å². The maximum Gasteiger partial charge on any atom is 0.211 e. The monoisotopic (exact) mass is 688 g/mol. The summed E-state index contributed by atoms with van der Waals surface area (Å²) in [5.41, 5.74) is 4.14. The number of rotatable bonds is 18. The number of aliphatic hydroxyl groups is 2. The number of anilines is 2. The van der Waals surface area contributed by atoms with Crippen LogP contribution in [0.3, 0.4) is 0 Å². The minimum Gasteiger partial charge on any atom is -0.506 e. The first kappa shape index (κ1) is 39.3. The summed E-state index contributed by atoms with van der Waals surface area (Å²) in [6.07, 6.45) is 1.13. The maximum absolute atomic E-state index is 10.5. The van der Waals surface area contributed by atoms with Gasteiger partial charge in [-0.2, -0.15) is 0 Å². The van der Waals surface area contributed by atoms with Crippen LogP contribution in [0.15, 0.2) is 84.9 Å². The number of hydrogen-bond donors (Lipinski definition) is 8. The summed E-state index contributed by atoms with van der Waals surface area (Å²) in [4.78, 5) is 21.1. The fourth-order valence-electron chi connectivity index (χ4n) is 5.12. The summed E-state index contributed by atoms with van der Waals surface area (Å²) in [5, 5.41) is 51.3. The van der Waals surface area contributed by atoms with Crippen LogP contribution in [0.4, 0.5) is 11.4 Å². The van der Waals surface area contributed by atoms with Gasteiger partial charge in [-0.15, -0.1) is 0 Å². The molecule has 0 aliphatic heterocycles. The summed E-state index contributed by atoms with van der Waals surface area (Å²) < 4.78 is 10.3. The number of aromatic hydroxyl groups is 2. The molecule has 0 aromatic heterocycles. The van der Waals surface area contributed by atoms with E-state index in [4.69, 9.17) is 9.47 Å². The van der Waals surface area contributed by atoms with Gasteiger partial charge in [0.2, 0.25) is 12.8 Å². The standard InChI is InChI=1S/2C19H24N2O4/c2*1-13(9-14-3-6-16(25-2)7-4-14)20-11-19(24)15-5-8-18(23)17(10-15)21-12-22/h2*3-8,10,12-13,19-20,23-24H,9,11H2,1-2H3,(H,21,22)/t2*13-,19-/m10/s1. The molecule has 0 saturated carbocycles. The molecule has 0 bridgehead atoms. The van der Waals surface area contributed by atoms with Gasteiger partial charge in [0, 0.05) is 25.2 Å². The van der Waals surface area contributed by atoms with Crippen molar-refractivity contribution in [1.29, 1.82) is 0 Å². The lowest BCUT2D eigenvalue weighted by Gasteiger charge is -2.18. The van der Waals surface area contributed by atoms with Crippen molar-refractivity contribution in [2.24, 2.45) is 0 Å². The number of carbonyl (C=O) groups excluding carboxylic acids is 2. The van der Waals surface area contributed by atoms with E-state index < -0.39 is 12.2 Å². The molecule has 4 atom stereocenters. The van der Waals surface area contributed by atoms with Crippen molar-refractivity contribution in [3.8, 4) is 23.0 Å². The van der Waals surface area contributed by atoms with Gasteiger partial charge >= 0.3 is 0 Å². The molecule has 4 aromatic rings. The Balaban J connectivity index is 0.000000270. The molecule has 50 heavy (non-hydrogen) atoms. The molecular formula is C38H48N4O8. The van der Waals surface area contributed by atoms with Crippen LogP contribution in [-0.2, 0) is 22.4 Å². The third-order valence-corrected chi connectivity index (χ3v) is 7.96.